The van der Waals surface area contributed by atoms with Crippen LogP contribution in [0.3, 0.4) is 0 Å². The topological polar surface area (TPSA) is 0 Å². The highest BCUT2D eigenvalue weighted by Crippen LogP contribution is 2.18. The Hall–Kier alpha value is -0.0800. The summed E-state index contributed by atoms with van der Waals surface area (Å²) in [5, 5.41) is 0. The molecule has 2 heteroatoms. The lowest BCUT2D eigenvalue weighted by Gasteiger charge is -2.30. The first-order valence-corrected chi connectivity index (χ1v) is 26.0. The van der Waals surface area contributed by atoms with Crippen LogP contribution in [0.1, 0.15) is 284 Å². The number of hydrogen-bond donors (Lipinski definition) is 0. The van der Waals surface area contributed by atoms with Gasteiger partial charge in [-0.1, -0.05) is 232 Å². The minimum atomic E-state index is 1.24. The van der Waals surface area contributed by atoms with Crippen LogP contribution in [0.2, 0.25) is 0 Å². The average Bonchev–Trinajstić information content (AvgIpc) is 3.14. The van der Waals surface area contributed by atoms with Crippen LogP contribution in [-0.4, -0.2) is 63.3 Å². The molecule has 0 bridgehead atoms. The second kappa shape index (κ2) is 42.5. The molecule has 0 fully saturated rings. The molecule has 0 saturated heterocycles. The molecule has 0 aliphatic heterocycles. The standard InChI is InChI=1S/C52H110N2/c1-7-9-11-13-15-17-19-21-23-25-27-29-33-37-41-45-49-53(3,4)51-47-43-39-35-31-32-36-40-44-48-52-54(5,6)50-46-42-38-34-30-28-26-24-22-20-18-16-14-12-10-8-2/h7-52H2,1-6H3/q+2. The van der Waals surface area contributed by atoms with E-state index in [2.05, 4.69) is 42.0 Å². The van der Waals surface area contributed by atoms with E-state index in [1.54, 1.807) is 0 Å². The third-order valence-corrected chi connectivity index (χ3v) is 13.0. The van der Waals surface area contributed by atoms with Gasteiger partial charge in [-0.3, -0.25) is 0 Å². The molecule has 0 atom stereocenters. The SMILES string of the molecule is CCCCCCCCCCCCCCCCCC[N+](C)(C)CCCCCCCCCCCC[N+](C)(C)CCCCCCCCCCCCCCCCCC. The molecule has 54 heavy (non-hydrogen) atoms. The van der Waals surface area contributed by atoms with Crippen molar-refractivity contribution in [2.24, 2.45) is 0 Å². The van der Waals surface area contributed by atoms with Gasteiger partial charge in [0.05, 0.1) is 54.4 Å². The Labute approximate surface area is 345 Å². The molecule has 0 rings (SSSR count). The first-order chi connectivity index (χ1) is 26.3. The maximum absolute atomic E-state index is 2.48. The van der Waals surface area contributed by atoms with Gasteiger partial charge in [0.1, 0.15) is 0 Å². The van der Waals surface area contributed by atoms with Gasteiger partial charge in [0, 0.05) is 0 Å². The van der Waals surface area contributed by atoms with Gasteiger partial charge < -0.3 is 8.97 Å². The van der Waals surface area contributed by atoms with E-state index >= 15 is 0 Å². The highest BCUT2D eigenvalue weighted by molar-refractivity contribution is 4.53. The van der Waals surface area contributed by atoms with E-state index < -0.39 is 0 Å². The van der Waals surface area contributed by atoms with Crippen molar-refractivity contribution in [2.75, 3.05) is 54.4 Å². The number of hydrogen-bond acceptors (Lipinski definition) is 0. The van der Waals surface area contributed by atoms with Crippen LogP contribution in [0.15, 0.2) is 0 Å². The lowest BCUT2D eigenvalue weighted by atomic mass is 10.0. The molecule has 326 valence electrons. The summed E-state index contributed by atoms with van der Waals surface area (Å²) >= 11 is 0. The van der Waals surface area contributed by atoms with E-state index in [1.807, 2.05) is 0 Å². The van der Waals surface area contributed by atoms with Crippen LogP contribution in [0.4, 0.5) is 0 Å². The van der Waals surface area contributed by atoms with Crippen LogP contribution in [-0.2, 0) is 0 Å². The van der Waals surface area contributed by atoms with Crippen LogP contribution in [0.25, 0.3) is 0 Å². The monoisotopic (exact) mass is 763 g/mol. The van der Waals surface area contributed by atoms with E-state index in [9.17, 15) is 0 Å². The first-order valence-electron chi connectivity index (χ1n) is 26.0. The van der Waals surface area contributed by atoms with Crippen molar-refractivity contribution in [3.05, 3.63) is 0 Å². The molecule has 2 nitrogen and oxygen atoms in total. The third kappa shape index (κ3) is 44.6. The number of quaternary nitrogens is 2. The van der Waals surface area contributed by atoms with E-state index in [4.69, 9.17) is 0 Å². The molecule has 0 unspecified atom stereocenters. The third-order valence-electron chi connectivity index (χ3n) is 13.0. The van der Waals surface area contributed by atoms with Gasteiger partial charge in [-0.25, -0.2) is 0 Å². The molecule has 0 aromatic carbocycles. The Morgan fingerprint density at radius 1 is 0.167 bits per heavy atom. The van der Waals surface area contributed by atoms with Crippen molar-refractivity contribution in [3.8, 4) is 0 Å². The van der Waals surface area contributed by atoms with Gasteiger partial charge in [0.25, 0.3) is 0 Å². The van der Waals surface area contributed by atoms with E-state index in [0.29, 0.717) is 0 Å². The highest BCUT2D eigenvalue weighted by Gasteiger charge is 2.14. The van der Waals surface area contributed by atoms with Crippen LogP contribution in [0, 0.1) is 0 Å². The summed E-state index contributed by atoms with van der Waals surface area (Å²) in [5.74, 6) is 0. The Morgan fingerprint density at radius 2 is 0.278 bits per heavy atom. The lowest BCUT2D eigenvalue weighted by Crippen LogP contribution is -2.41. The predicted octanol–water partition coefficient (Wildman–Crippen LogP) is 17.6. The maximum Gasteiger partial charge on any atom is 0.0782 e. The molecule has 0 radical (unpaired) electrons. The molecule has 0 aliphatic carbocycles. The summed E-state index contributed by atoms with van der Waals surface area (Å²) in [6.45, 7) is 10.2. The molecule has 0 aliphatic rings. The molecule has 0 saturated carbocycles. The van der Waals surface area contributed by atoms with Gasteiger partial charge >= 0.3 is 0 Å². The largest absolute Gasteiger partial charge is 0.328 e. The van der Waals surface area contributed by atoms with Gasteiger partial charge in [-0.05, 0) is 51.4 Å². The van der Waals surface area contributed by atoms with Gasteiger partial charge in [-0.2, -0.15) is 0 Å². The molecule has 0 aromatic rings. The highest BCUT2D eigenvalue weighted by atomic mass is 15.3. The zero-order chi connectivity index (χ0) is 39.5. The Balaban J connectivity index is 3.39. The van der Waals surface area contributed by atoms with Crippen molar-refractivity contribution in [2.45, 2.75) is 284 Å². The van der Waals surface area contributed by atoms with Crippen molar-refractivity contribution in [3.63, 3.8) is 0 Å². The van der Waals surface area contributed by atoms with E-state index in [0.717, 1.165) is 0 Å². The van der Waals surface area contributed by atoms with Crippen molar-refractivity contribution < 1.29 is 8.97 Å². The minimum absolute atomic E-state index is 1.24. The van der Waals surface area contributed by atoms with Crippen LogP contribution < -0.4 is 0 Å². The molecular weight excluding hydrogens is 653 g/mol. The second-order valence-electron chi connectivity index (χ2n) is 19.9. The fourth-order valence-corrected chi connectivity index (χ4v) is 8.89. The normalized spacial score (nSPS) is 12.3. The quantitative estimate of drug-likeness (QED) is 0.0428. The summed E-state index contributed by atoms with van der Waals surface area (Å²) in [7, 11) is 9.92. The Bertz CT molecular complexity index is 626. The van der Waals surface area contributed by atoms with E-state index in [1.165, 1.54) is 305 Å². The Morgan fingerprint density at radius 3 is 0.407 bits per heavy atom. The summed E-state index contributed by atoms with van der Waals surface area (Å²) < 4.78 is 2.49. The maximum atomic E-state index is 2.48. The van der Waals surface area contributed by atoms with Crippen LogP contribution in [0.5, 0.6) is 0 Å². The zero-order valence-electron chi connectivity index (χ0n) is 39.4. The second-order valence-corrected chi connectivity index (χ2v) is 19.9. The molecule has 0 heterocycles. The van der Waals surface area contributed by atoms with Gasteiger partial charge in [0.15, 0.2) is 0 Å². The molecule has 0 aromatic heterocycles. The average molecular weight is 763 g/mol. The fourth-order valence-electron chi connectivity index (χ4n) is 8.89. The Kier molecular flexibility index (Phi) is 42.5. The fraction of sp³-hybridized carbons (Fsp3) is 1.00. The van der Waals surface area contributed by atoms with Crippen LogP contribution >= 0.6 is 0 Å². The smallest absolute Gasteiger partial charge is 0.0782 e. The van der Waals surface area contributed by atoms with Gasteiger partial charge in [-0.15, -0.1) is 0 Å². The lowest BCUT2D eigenvalue weighted by molar-refractivity contribution is -0.890. The molecule has 0 amide bonds. The van der Waals surface area contributed by atoms with Gasteiger partial charge in [0.2, 0.25) is 0 Å². The van der Waals surface area contributed by atoms with Crippen molar-refractivity contribution >= 4 is 0 Å². The molecular formula is C52H110N2+2. The van der Waals surface area contributed by atoms with E-state index in [-0.39, 0.29) is 0 Å². The summed E-state index contributed by atoms with van der Waals surface area (Å²) in [6.07, 6.45) is 61.4. The minimum Gasteiger partial charge on any atom is -0.328 e. The summed E-state index contributed by atoms with van der Waals surface area (Å²) in [6, 6.07) is 0. The number of nitrogens with zero attached hydrogens (tertiary/aromatic N) is 2. The summed E-state index contributed by atoms with van der Waals surface area (Å²) in [5.41, 5.74) is 0. The molecule has 0 N–H and O–H groups in total. The molecule has 0 spiro atoms. The number of rotatable bonds is 47. The van der Waals surface area contributed by atoms with Crippen molar-refractivity contribution in [1.82, 2.24) is 0 Å². The first kappa shape index (κ1) is 53.9. The van der Waals surface area contributed by atoms with Crippen molar-refractivity contribution in [1.29, 1.82) is 0 Å². The predicted molar refractivity (Wildman–Crippen MR) is 249 cm³/mol. The zero-order valence-corrected chi connectivity index (χ0v) is 39.4. The summed E-state index contributed by atoms with van der Waals surface area (Å²) in [4.78, 5) is 0. The number of unbranched alkanes of at least 4 members (excludes halogenated alkanes) is 39.